The van der Waals surface area contributed by atoms with Gasteiger partial charge >= 0.3 is 0 Å². The summed E-state index contributed by atoms with van der Waals surface area (Å²) in [5, 5.41) is 0. The molecular weight excluding hydrogens is 241 g/mol. The second-order valence-corrected chi connectivity index (χ2v) is 3.37. The van der Waals surface area contributed by atoms with Crippen LogP contribution < -0.4 is 0 Å². The van der Waals surface area contributed by atoms with Gasteiger partial charge in [0.1, 0.15) is 0 Å². The fourth-order valence-corrected chi connectivity index (χ4v) is 2.33. The molecule has 1 fully saturated rings. The Morgan fingerprint density at radius 3 is 3.10 bits per heavy atom. The minimum atomic E-state index is 0.696. The van der Waals surface area contributed by atoms with Gasteiger partial charge in [-0.2, -0.15) is 0 Å². The molecule has 2 nitrogen and oxygen atoms in total. The van der Waals surface area contributed by atoms with E-state index in [0.29, 0.717) is 6.04 Å². The fourth-order valence-electron chi connectivity index (χ4n) is 1.43. The summed E-state index contributed by atoms with van der Waals surface area (Å²) in [6.07, 6.45) is 2.66. The largest absolute Gasteiger partial charge is 0.383 e. The van der Waals surface area contributed by atoms with Gasteiger partial charge in [-0.25, -0.2) is 0 Å². The number of nitrogens with zero attached hydrogens (tertiary/aromatic N) is 1. The van der Waals surface area contributed by atoms with Crippen LogP contribution in [0.25, 0.3) is 0 Å². The van der Waals surface area contributed by atoms with Crippen molar-refractivity contribution >= 4 is 22.6 Å². The number of methoxy groups -OCH3 is 1. The second-order valence-electron chi connectivity index (χ2n) is 2.68. The second kappa shape index (κ2) is 4.51. The van der Waals surface area contributed by atoms with Crippen molar-refractivity contribution in [1.29, 1.82) is 0 Å². The molecule has 1 aliphatic rings. The lowest BCUT2D eigenvalue weighted by molar-refractivity contribution is 0.128. The van der Waals surface area contributed by atoms with E-state index < -0.39 is 0 Å². The van der Waals surface area contributed by atoms with Crippen molar-refractivity contribution in [2.45, 2.75) is 18.9 Å². The first-order valence-electron chi connectivity index (χ1n) is 3.67. The Morgan fingerprint density at radius 1 is 1.70 bits per heavy atom. The maximum atomic E-state index is 5.11. The van der Waals surface area contributed by atoms with Crippen molar-refractivity contribution in [1.82, 2.24) is 4.90 Å². The Hall–Kier alpha value is 0.650. The van der Waals surface area contributed by atoms with Crippen LogP contribution in [0.2, 0.25) is 0 Å². The van der Waals surface area contributed by atoms with Crippen LogP contribution in [-0.4, -0.2) is 35.8 Å². The number of hydrogen-bond donors (Lipinski definition) is 0. The number of alkyl halides is 1. The third kappa shape index (κ3) is 2.07. The van der Waals surface area contributed by atoms with Crippen LogP contribution in [0.5, 0.6) is 0 Å². The predicted molar refractivity (Wildman–Crippen MR) is 50.5 cm³/mol. The van der Waals surface area contributed by atoms with Gasteiger partial charge < -0.3 is 4.74 Å². The molecule has 0 aromatic rings. The van der Waals surface area contributed by atoms with Crippen molar-refractivity contribution in [3.63, 3.8) is 0 Å². The smallest absolute Gasteiger partial charge is 0.0618 e. The first-order valence-corrected chi connectivity index (χ1v) is 5.20. The van der Waals surface area contributed by atoms with Gasteiger partial charge in [0, 0.05) is 13.2 Å². The van der Waals surface area contributed by atoms with Crippen LogP contribution in [0.1, 0.15) is 12.8 Å². The Labute approximate surface area is 76.1 Å². The molecular formula is C7H14INO. The van der Waals surface area contributed by atoms with Crippen LogP contribution >= 0.6 is 22.6 Å². The summed E-state index contributed by atoms with van der Waals surface area (Å²) in [5.74, 6) is 0. The third-order valence-corrected chi connectivity index (χ3v) is 2.89. The number of ether oxygens (including phenoxy) is 1. The quantitative estimate of drug-likeness (QED) is 0.430. The maximum Gasteiger partial charge on any atom is 0.0618 e. The molecule has 60 valence electrons. The molecule has 1 heterocycles. The molecule has 1 atom stereocenters. The molecule has 1 rings (SSSR count). The van der Waals surface area contributed by atoms with E-state index in [1.807, 2.05) is 0 Å². The van der Waals surface area contributed by atoms with Gasteiger partial charge in [0.2, 0.25) is 0 Å². The number of rotatable bonds is 3. The molecule has 0 bridgehead atoms. The van der Waals surface area contributed by atoms with E-state index in [1.54, 1.807) is 7.11 Å². The minimum Gasteiger partial charge on any atom is -0.383 e. The zero-order valence-corrected chi connectivity index (χ0v) is 8.50. The average molecular weight is 255 g/mol. The molecule has 1 unspecified atom stereocenters. The van der Waals surface area contributed by atoms with Gasteiger partial charge in [-0.05, 0) is 19.4 Å². The molecule has 3 heteroatoms. The Morgan fingerprint density at radius 2 is 2.50 bits per heavy atom. The molecule has 0 spiro atoms. The minimum absolute atomic E-state index is 0.696. The van der Waals surface area contributed by atoms with Gasteiger partial charge in [-0.3, -0.25) is 4.90 Å². The third-order valence-electron chi connectivity index (χ3n) is 2.01. The Bertz CT molecular complexity index is 99.6. The van der Waals surface area contributed by atoms with Crippen LogP contribution in [0.3, 0.4) is 0 Å². The highest BCUT2D eigenvalue weighted by Gasteiger charge is 2.22. The van der Waals surface area contributed by atoms with Crippen LogP contribution in [0.4, 0.5) is 0 Å². The normalized spacial score (nSPS) is 27.6. The van der Waals surface area contributed by atoms with E-state index >= 15 is 0 Å². The molecule has 0 amide bonds. The molecule has 0 aromatic heterocycles. The van der Waals surface area contributed by atoms with Crippen molar-refractivity contribution in [3.05, 3.63) is 0 Å². The van der Waals surface area contributed by atoms with Crippen molar-refractivity contribution in [2.75, 3.05) is 24.8 Å². The highest BCUT2D eigenvalue weighted by molar-refractivity contribution is 14.1. The molecule has 0 aromatic carbocycles. The van der Waals surface area contributed by atoms with Crippen LogP contribution in [-0.2, 0) is 4.74 Å². The molecule has 0 aliphatic carbocycles. The highest BCUT2D eigenvalue weighted by Crippen LogP contribution is 2.17. The van der Waals surface area contributed by atoms with Gasteiger partial charge in [0.15, 0.2) is 0 Å². The van der Waals surface area contributed by atoms with E-state index in [9.17, 15) is 0 Å². The van der Waals surface area contributed by atoms with Gasteiger partial charge in [0.25, 0.3) is 0 Å². The zero-order chi connectivity index (χ0) is 7.40. The number of likely N-dealkylation sites (tertiary alicyclic amines) is 1. The summed E-state index contributed by atoms with van der Waals surface area (Å²) < 4.78 is 6.26. The highest BCUT2D eigenvalue weighted by atomic mass is 127. The summed E-state index contributed by atoms with van der Waals surface area (Å²) in [6, 6.07) is 0.696. The lowest BCUT2D eigenvalue weighted by atomic mass is 10.2. The molecule has 1 aliphatic heterocycles. The number of halogens is 1. The van der Waals surface area contributed by atoms with Crippen molar-refractivity contribution in [3.8, 4) is 0 Å². The lowest BCUT2D eigenvalue weighted by Gasteiger charge is -2.20. The SMILES string of the molecule is COCC1CCCN1CI. The van der Waals surface area contributed by atoms with Crippen molar-refractivity contribution in [2.24, 2.45) is 0 Å². The van der Waals surface area contributed by atoms with Gasteiger partial charge in [-0.15, -0.1) is 0 Å². The van der Waals surface area contributed by atoms with E-state index in [4.69, 9.17) is 4.74 Å². The summed E-state index contributed by atoms with van der Waals surface area (Å²) in [6.45, 7) is 2.17. The lowest BCUT2D eigenvalue weighted by Crippen LogP contribution is -2.31. The molecule has 0 saturated carbocycles. The maximum absolute atomic E-state index is 5.11. The first-order chi connectivity index (χ1) is 4.88. The molecule has 0 N–H and O–H groups in total. The molecule has 10 heavy (non-hydrogen) atoms. The molecule has 1 saturated heterocycles. The van der Waals surface area contributed by atoms with Crippen molar-refractivity contribution < 1.29 is 4.74 Å². The summed E-state index contributed by atoms with van der Waals surface area (Å²) >= 11 is 2.41. The molecule has 0 radical (unpaired) electrons. The van der Waals surface area contributed by atoms with E-state index in [2.05, 4.69) is 27.5 Å². The zero-order valence-electron chi connectivity index (χ0n) is 6.35. The van der Waals surface area contributed by atoms with E-state index in [-0.39, 0.29) is 0 Å². The van der Waals surface area contributed by atoms with Gasteiger partial charge in [-0.1, -0.05) is 22.6 Å². The average Bonchev–Trinajstić information content (AvgIpc) is 2.36. The fraction of sp³-hybridized carbons (Fsp3) is 1.00. The Kier molecular flexibility index (Phi) is 3.95. The predicted octanol–water partition coefficient (Wildman–Crippen LogP) is 1.49. The topological polar surface area (TPSA) is 12.5 Å². The van der Waals surface area contributed by atoms with Gasteiger partial charge in [0.05, 0.1) is 11.2 Å². The monoisotopic (exact) mass is 255 g/mol. The number of hydrogen-bond acceptors (Lipinski definition) is 2. The standard InChI is InChI=1S/C7H14INO/c1-10-5-7-3-2-4-9(7)6-8/h7H,2-6H2,1H3. The van der Waals surface area contributed by atoms with E-state index in [0.717, 1.165) is 11.2 Å². The first kappa shape index (κ1) is 8.74. The summed E-state index contributed by atoms with van der Waals surface area (Å²) in [4.78, 5) is 2.48. The summed E-state index contributed by atoms with van der Waals surface area (Å²) in [7, 11) is 1.78. The Balaban J connectivity index is 2.27. The summed E-state index contributed by atoms with van der Waals surface area (Å²) in [5.41, 5.74) is 0. The van der Waals surface area contributed by atoms with Crippen LogP contribution in [0.15, 0.2) is 0 Å². The van der Waals surface area contributed by atoms with Crippen LogP contribution in [0, 0.1) is 0 Å². The van der Waals surface area contributed by atoms with E-state index in [1.165, 1.54) is 19.4 Å².